The summed E-state index contributed by atoms with van der Waals surface area (Å²) in [5, 5.41) is 2.79. The molecule has 180 valence electrons. The largest absolute Gasteiger partial charge is 0.379 e. The molecule has 0 atom stereocenters. The van der Waals surface area contributed by atoms with E-state index >= 15 is 0 Å². The van der Waals surface area contributed by atoms with Crippen LogP contribution in [0.4, 0.5) is 0 Å². The van der Waals surface area contributed by atoms with Crippen molar-refractivity contribution in [3.63, 3.8) is 0 Å². The molecular formula is C26H47NO4. The van der Waals surface area contributed by atoms with E-state index in [1.807, 2.05) is 59.7 Å². The minimum Gasteiger partial charge on any atom is -0.379 e. The van der Waals surface area contributed by atoms with Gasteiger partial charge in [0, 0.05) is 31.1 Å². The standard InChI is InChI=1S/C13H19NO3.C9H16O.2C2H6/c1-2-16-10-11-17-9-8-14-13(15)12-6-4-3-5-7-12;1-2-9(10)8-6-4-3-5-7-8;2*1-2/h3-7H,2,8-11H2,1H3,(H,14,15);8H,2-7H2,1H3;2*1-2H3. The third-order valence-corrected chi connectivity index (χ3v) is 4.55. The van der Waals surface area contributed by atoms with E-state index in [1.165, 1.54) is 19.3 Å². The van der Waals surface area contributed by atoms with Gasteiger partial charge in [0.05, 0.1) is 19.8 Å². The molecule has 1 fully saturated rings. The van der Waals surface area contributed by atoms with Gasteiger partial charge < -0.3 is 14.8 Å². The number of Topliss-reactive ketones (excluding diaryl/α,β-unsaturated/α-hetero) is 1. The number of hydrogen-bond acceptors (Lipinski definition) is 4. The zero-order valence-electron chi connectivity index (χ0n) is 20.9. The maximum atomic E-state index is 11.6. The predicted octanol–water partition coefficient (Wildman–Crippen LogP) is 6.07. The van der Waals surface area contributed by atoms with Crippen LogP contribution >= 0.6 is 0 Å². The zero-order valence-corrected chi connectivity index (χ0v) is 20.9. The van der Waals surface area contributed by atoms with Crippen molar-refractivity contribution < 1.29 is 19.1 Å². The molecule has 1 saturated carbocycles. The third kappa shape index (κ3) is 17.6. The summed E-state index contributed by atoms with van der Waals surface area (Å²) in [6.45, 7) is 14.8. The number of benzene rings is 1. The van der Waals surface area contributed by atoms with E-state index in [9.17, 15) is 9.59 Å². The Morgan fingerprint density at radius 1 is 0.871 bits per heavy atom. The lowest BCUT2D eigenvalue weighted by Gasteiger charge is -2.19. The molecule has 1 aliphatic rings. The molecule has 1 amide bonds. The van der Waals surface area contributed by atoms with Gasteiger partial charge in [-0.2, -0.15) is 0 Å². The van der Waals surface area contributed by atoms with Crippen molar-refractivity contribution in [2.75, 3.05) is 33.0 Å². The summed E-state index contributed by atoms with van der Waals surface area (Å²) >= 11 is 0. The van der Waals surface area contributed by atoms with Crippen LogP contribution in [-0.2, 0) is 14.3 Å². The van der Waals surface area contributed by atoms with Crippen LogP contribution in [0.15, 0.2) is 30.3 Å². The molecule has 5 nitrogen and oxygen atoms in total. The van der Waals surface area contributed by atoms with Gasteiger partial charge in [0.15, 0.2) is 0 Å². The van der Waals surface area contributed by atoms with Gasteiger partial charge in [0.1, 0.15) is 5.78 Å². The fourth-order valence-corrected chi connectivity index (χ4v) is 3.01. The summed E-state index contributed by atoms with van der Waals surface area (Å²) in [6, 6.07) is 9.13. The predicted molar refractivity (Wildman–Crippen MR) is 131 cm³/mol. The summed E-state index contributed by atoms with van der Waals surface area (Å²) in [7, 11) is 0. The summed E-state index contributed by atoms with van der Waals surface area (Å²) in [4.78, 5) is 22.8. The van der Waals surface area contributed by atoms with Gasteiger partial charge in [-0.1, -0.05) is 72.1 Å². The van der Waals surface area contributed by atoms with Gasteiger partial charge in [-0.3, -0.25) is 9.59 Å². The second-order valence-corrected chi connectivity index (χ2v) is 6.59. The van der Waals surface area contributed by atoms with Crippen LogP contribution in [0, 0.1) is 5.92 Å². The normalized spacial score (nSPS) is 12.7. The highest BCUT2D eigenvalue weighted by Gasteiger charge is 2.18. The minimum atomic E-state index is -0.0704. The highest BCUT2D eigenvalue weighted by atomic mass is 16.5. The molecule has 0 heterocycles. The molecule has 5 heteroatoms. The number of rotatable bonds is 10. The van der Waals surface area contributed by atoms with Crippen molar-refractivity contribution in [2.45, 2.75) is 80.1 Å². The van der Waals surface area contributed by atoms with Crippen molar-refractivity contribution in [1.29, 1.82) is 0 Å². The smallest absolute Gasteiger partial charge is 0.251 e. The van der Waals surface area contributed by atoms with Crippen molar-refractivity contribution in [2.24, 2.45) is 5.92 Å². The minimum absolute atomic E-state index is 0.0704. The van der Waals surface area contributed by atoms with Crippen LogP contribution in [0.25, 0.3) is 0 Å². The maximum Gasteiger partial charge on any atom is 0.251 e. The van der Waals surface area contributed by atoms with Crippen LogP contribution in [-0.4, -0.2) is 44.7 Å². The van der Waals surface area contributed by atoms with E-state index in [2.05, 4.69) is 5.32 Å². The highest BCUT2D eigenvalue weighted by Crippen LogP contribution is 2.24. The number of carbonyl (C=O) groups is 2. The van der Waals surface area contributed by atoms with Crippen molar-refractivity contribution in [3.05, 3.63) is 35.9 Å². The van der Waals surface area contributed by atoms with Gasteiger partial charge in [-0.25, -0.2) is 0 Å². The van der Waals surface area contributed by atoms with E-state index in [1.54, 1.807) is 12.1 Å². The number of amides is 1. The maximum absolute atomic E-state index is 11.6. The van der Waals surface area contributed by atoms with Crippen LogP contribution < -0.4 is 5.32 Å². The van der Waals surface area contributed by atoms with Crippen molar-refractivity contribution in [1.82, 2.24) is 5.32 Å². The monoisotopic (exact) mass is 437 g/mol. The molecule has 1 aliphatic carbocycles. The molecular weight excluding hydrogens is 390 g/mol. The second-order valence-electron chi connectivity index (χ2n) is 6.59. The Balaban J connectivity index is 0. The summed E-state index contributed by atoms with van der Waals surface area (Å²) in [5.74, 6) is 0.845. The molecule has 0 unspecified atom stereocenters. The molecule has 1 aromatic carbocycles. The Morgan fingerprint density at radius 2 is 1.45 bits per heavy atom. The first-order chi connectivity index (χ1) is 15.2. The Labute approximate surface area is 191 Å². The van der Waals surface area contributed by atoms with E-state index in [4.69, 9.17) is 9.47 Å². The number of ether oxygens (including phenoxy) is 2. The Bertz CT molecular complexity index is 513. The van der Waals surface area contributed by atoms with Crippen molar-refractivity contribution in [3.8, 4) is 0 Å². The van der Waals surface area contributed by atoms with E-state index in [-0.39, 0.29) is 5.91 Å². The molecule has 31 heavy (non-hydrogen) atoms. The van der Waals surface area contributed by atoms with Crippen LogP contribution in [0.1, 0.15) is 90.4 Å². The SMILES string of the molecule is CC.CC.CCC(=O)C1CCCCC1.CCOCCOCCNC(=O)c1ccccc1. The summed E-state index contributed by atoms with van der Waals surface area (Å²) in [6.07, 6.45) is 6.95. The highest BCUT2D eigenvalue weighted by molar-refractivity contribution is 5.94. The summed E-state index contributed by atoms with van der Waals surface area (Å²) in [5.41, 5.74) is 0.668. The van der Waals surface area contributed by atoms with Gasteiger partial charge in [0.2, 0.25) is 0 Å². The molecule has 2 rings (SSSR count). The van der Waals surface area contributed by atoms with Crippen LogP contribution in [0.5, 0.6) is 0 Å². The van der Waals surface area contributed by atoms with Gasteiger partial charge >= 0.3 is 0 Å². The number of carbonyl (C=O) groups excluding carboxylic acids is 2. The van der Waals surface area contributed by atoms with Crippen LogP contribution in [0.2, 0.25) is 0 Å². The Hall–Kier alpha value is -1.72. The Morgan fingerprint density at radius 3 is 2.00 bits per heavy atom. The second kappa shape index (κ2) is 24.5. The number of ketones is 1. The Kier molecular flexibility index (Phi) is 24.9. The molecule has 0 bridgehead atoms. The lowest BCUT2D eigenvalue weighted by atomic mass is 9.85. The van der Waals surface area contributed by atoms with Crippen molar-refractivity contribution >= 4 is 11.7 Å². The summed E-state index contributed by atoms with van der Waals surface area (Å²) < 4.78 is 10.4. The zero-order chi connectivity index (χ0) is 23.7. The first-order valence-corrected chi connectivity index (χ1v) is 12.2. The van der Waals surface area contributed by atoms with E-state index in [0.29, 0.717) is 50.2 Å². The molecule has 0 radical (unpaired) electrons. The van der Waals surface area contributed by atoms with E-state index in [0.717, 1.165) is 19.3 Å². The molecule has 0 aliphatic heterocycles. The molecule has 0 aromatic heterocycles. The molecule has 0 saturated heterocycles. The van der Waals surface area contributed by atoms with Gasteiger partial charge in [-0.15, -0.1) is 0 Å². The quantitative estimate of drug-likeness (QED) is 0.451. The fraction of sp³-hybridized carbons (Fsp3) is 0.692. The van der Waals surface area contributed by atoms with Gasteiger partial charge in [-0.05, 0) is 31.9 Å². The molecule has 0 spiro atoms. The number of nitrogens with one attached hydrogen (secondary N) is 1. The first-order valence-electron chi connectivity index (χ1n) is 12.2. The average molecular weight is 438 g/mol. The van der Waals surface area contributed by atoms with E-state index < -0.39 is 0 Å². The first kappa shape index (κ1) is 31.5. The number of hydrogen-bond donors (Lipinski definition) is 1. The lowest BCUT2D eigenvalue weighted by Crippen LogP contribution is -2.27. The third-order valence-electron chi connectivity index (χ3n) is 4.55. The fourth-order valence-electron chi connectivity index (χ4n) is 3.01. The van der Waals surface area contributed by atoms with Crippen LogP contribution in [0.3, 0.4) is 0 Å². The lowest BCUT2D eigenvalue weighted by molar-refractivity contribution is -0.123. The van der Waals surface area contributed by atoms with Gasteiger partial charge in [0.25, 0.3) is 5.91 Å². The molecule has 1 N–H and O–H groups in total. The topological polar surface area (TPSA) is 64.6 Å². The average Bonchev–Trinajstić information content (AvgIpc) is 2.86. The molecule has 1 aromatic rings.